The van der Waals surface area contributed by atoms with Gasteiger partial charge in [-0.15, -0.1) is 0 Å². The highest BCUT2D eigenvalue weighted by Gasteiger charge is 1.90. The van der Waals surface area contributed by atoms with Gasteiger partial charge in [-0.1, -0.05) is 19.4 Å². The first-order valence-corrected chi connectivity index (χ1v) is 2.57. The maximum atomic E-state index is 5.21. The molecule has 0 rings (SSSR count). The fourth-order valence-corrected chi connectivity index (χ4v) is 0.192. The summed E-state index contributed by atoms with van der Waals surface area (Å²) in [6, 6.07) is 0. The predicted molar refractivity (Wildman–Crippen MR) is 32.8 cm³/mol. The minimum Gasteiger partial charge on any atom is -0.405 e. The van der Waals surface area contributed by atoms with Crippen LogP contribution in [-0.2, 0) is 0 Å². The molecule has 0 fully saturated rings. The zero-order valence-electron chi connectivity index (χ0n) is 5.23. The second kappa shape index (κ2) is 2.67. The lowest BCUT2D eigenvalue weighted by Crippen LogP contribution is -1.91. The van der Waals surface area contributed by atoms with E-state index < -0.39 is 0 Å². The summed E-state index contributed by atoms with van der Waals surface area (Å²) in [5, 5.41) is 0. The molecule has 0 bridgehead atoms. The summed E-state index contributed by atoms with van der Waals surface area (Å²) in [6.07, 6.45) is 1.66. The Labute approximate surface area is 45.2 Å². The molecule has 0 heterocycles. The lowest BCUT2D eigenvalue weighted by molar-refractivity contribution is 0.766. The van der Waals surface area contributed by atoms with Crippen molar-refractivity contribution in [1.82, 2.24) is 0 Å². The van der Waals surface area contributed by atoms with Gasteiger partial charge in [0.05, 0.1) is 0 Å². The van der Waals surface area contributed by atoms with Gasteiger partial charge in [-0.25, -0.2) is 0 Å². The van der Waals surface area contributed by atoms with E-state index in [4.69, 9.17) is 5.73 Å². The molecule has 7 heavy (non-hydrogen) atoms. The second-order valence-electron chi connectivity index (χ2n) is 2.07. The van der Waals surface area contributed by atoms with E-state index in [1.54, 1.807) is 6.20 Å². The van der Waals surface area contributed by atoms with Crippen molar-refractivity contribution in [3.63, 3.8) is 0 Å². The van der Waals surface area contributed by atoms with Crippen LogP contribution >= 0.6 is 0 Å². The van der Waals surface area contributed by atoms with E-state index in [0.29, 0.717) is 5.92 Å². The van der Waals surface area contributed by atoms with Crippen molar-refractivity contribution in [1.29, 1.82) is 0 Å². The second-order valence-corrected chi connectivity index (χ2v) is 2.07. The van der Waals surface area contributed by atoms with Gasteiger partial charge in [0.2, 0.25) is 0 Å². The molecule has 42 valence electrons. The van der Waals surface area contributed by atoms with Crippen LogP contribution in [0.1, 0.15) is 20.8 Å². The number of rotatable bonds is 1. The predicted octanol–water partition coefficient (Wildman–Crippen LogP) is 1.50. The van der Waals surface area contributed by atoms with Gasteiger partial charge in [0.25, 0.3) is 0 Å². The largest absolute Gasteiger partial charge is 0.405 e. The first kappa shape index (κ1) is 6.54. The van der Waals surface area contributed by atoms with Crippen LogP contribution in [0.15, 0.2) is 11.8 Å². The zero-order valence-corrected chi connectivity index (χ0v) is 5.23. The molecular formula is C6H13N. The van der Waals surface area contributed by atoms with E-state index in [0.717, 1.165) is 0 Å². The Balaban J connectivity index is 3.56. The normalized spacial score (nSPS) is 12.9. The molecule has 0 saturated carbocycles. The molecule has 0 spiro atoms. The topological polar surface area (TPSA) is 26.0 Å². The summed E-state index contributed by atoms with van der Waals surface area (Å²) in [5.74, 6) is 0.602. The minimum atomic E-state index is 0.602. The van der Waals surface area contributed by atoms with Gasteiger partial charge in [0.15, 0.2) is 0 Å². The van der Waals surface area contributed by atoms with Gasteiger partial charge in [0.1, 0.15) is 0 Å². The summed E-state index contributed by atoms with van der Waals surface area (Å²) in [4.78, 5) is 0. The van der Waals surface area contributed by atoms with E-state index in [2.05, 4.69) is 13.8 Å². The lowest BCUT2D eigenvalue weighted by atomic mass is 10.1. The third-order valence-electron chi connectivity index (χ3n) is 1.17. The Morgan fingerprint density at radius 3 is 2.00 bits per heavy atom. The van der Waals surface area contributed by atoms with Crippen molar-refractivity contribution in [2.45, 2.75) is 20.8 Å². The molecule has 0 aliphatic carbocycles. The summed E-state index contributed by atoms with van der Waals surface area (Å²) >= 11 is 0. The Morgan fingerprint density at radius 1 is 1.57 bits per heavy atom. The van der Waals surface area contributed by atoms with Crippen molar-refractivity contribution in [2.24, 2.45) is 11.7 Å². The molecule has 0 aromatic carbocycles. The fourth-order valence-electron chi connectivity index (χ4n) is 0.192. The summed E-state index contributed by atoms with van der Waals surface area (Å²) in [6.45, 7) is 6.28. The molecule has 0 unspecified atom stereocenters. The monoisotopic (exact) mass is 99.1 g/mol. The molecule has 0 saturated heterocycles. The third kappa shape index (κ3) is 2.26. The fraction of sp³-hybridized carbons (Fsp3) is 0.667. The molecule has 0 aliphatic heterocycles. The van der Waals surface area contributed by atoms with Crippen LogP contribution < -0.4 is 5.73 Å². The Morgan fingerprint density at radius 2 is 2.00 bits per heavy atom. The first-order chi connectivity index (χ1) is 3.18. The lowest BCUT2D eigenvalue weighted by Gasteiger charge is -2.00. The standard InChI is InChI=1S/C6H13N/c1-5(2)6(3)4-7/h4-5H,7H2,1-3H3. The smallest absolute Gasteiger partial charge is 0.00707 e. The SMILES string of the molecule is CC(=CN)C(C)C. The molecule has 0 atom stereocenters. The van der Waals surface area contributed by atoms with Gasteiger partial charge in [-0.2, -0.15) is 0 Å². The van der Waals surface area contributed by atoms with E-state index >= 15 is 0 Å². The number of allylic oxidation sites excluding steroid dienone is 1. The number of hydrogen-bond donors (Lipinski definition) is 1. The van der Waals surface area contributed by atoms with Crippen molar-refractivity contribution in [3.8, 4) is 0 Å². The van der Waals surface area contributed by atoms with Crippen molar-refractivity contribution >= 4 is 0 Å². The van der Waals surface area contributed by atoms with E-state index in [1.807, 2.05) is 6.92 Å². The average molecular weight is 99.2 g/mol. The van der Waals surface area contributed by atoms with Crippen LogP contribution in [0.25, 0.3) is 0 Å². The van der Waals surface area contributed by atoms with Crippen LogP contribution in [0, 0.1) is 5.92 Å². The van der Waals surface area contributed by atoms with Gasteiger partial charge in [-0.05, 0) is 19.0 Å². The van der Waals surface area contributed by atoms with Crippen molar-refractivity contribution < 1.29 is 0 Å². The Kier molecular flexibility index (Phi) is 2.49. The van der Waals surface area contributed by atoms with E-state index in [9.17, 15) is 0 Å². The van der Waals surface area contributed by atoms with Crippen LogP contribution in [0.3, 0.4) is 0 Å². The highest BCUT2D eigenvalue weighted by molar-refractivity contribution is 4.97. The van der Waals surface area contributed by atoms with Crippen LogP contribution in [0.4, 0.5) is 0 Å². The third-order valence-corrected chi connectivity index (χ3v) is 1.17. The van der Waals surface area contributed by atoms with Crippen LogP contribution in [-0.4, -0.2) is 0 Å². The Hall–Kier alpha value is -0.460. The molecule has 0 amide bonds. The Bertz CT molecular complexity index is 72.2. The maximum absolute atomic E-state index is 5.21. The molecule has 0 aliphatic rings. The average Bonchev–Trinajstić information content (AvgIpc) is 1.65. The van der Waals surface area contributed by atoms with Gasteiger partial charge >= 0.3 is 0 Å². The van der Waals surface area contributed by atoms with Crippen LogP contribution in [0.2, 0.25) is 0 Å². The van der Waals surface area contributed by atoms with Crippen molar-refractivity contribution in [2.75, 3.05) is 0 Å². The zero-order chi connectivity index (χ0) is 5.86. The van der Waals surface area contributed by atoms with E-state index in [-0.39, 0.29) is 0 Å². The molecule has 1 heteroatoms. The molecule has 1 nitrogen and oxygen atoms in total. The van der Waals surface area contributed by atoms with Crippen molar-refractivity contribution in [3.05, 3.63) is 11.8 Å². The first-order valence-electron chi connectivity index (χ1n) is 2.57. The minimum absolute atomic E-state index is 0.602. The van der Waals surface area contributed by atoms with Gasteiger partial charge < -0.3 is 5.73 Å². The van der Waals surface area contributed by atoms with Gasteiger partial charge in [-0.3, -0.25) is 0 Å². The highest BCUT2D eigenvalue weighted by Crippen LogP contribution is 2.04. The summed E-state index contributed by atoms with van der Waals surface area (Å²) in [5.41, 5.74) is 6.46. The summed E-state index contributed by atoms with van der Waals surface area (Å²) in [7, 11) is 0. The quantitative estimate of drug-likeness (QED) is 0.529. The molecule has 0 aromatic rings. The molecule has 0 radical (unpaired) electrons. The molecule has 0 aromatic heterocycles. The molecular weight excluding hydrogens is 86.1 g/mol. The number of hydrogen-bond acceptors (Lipinski definition) is 1. The van der Waals surface area contributed by atoms with E-state index in [1.165, 1.54) is 5.57 Å². The highest BCUT2D eigenvalue weighted by atomic mass is 14.5. The maximum Gasteiger partial charge on any atom is -0.00707 e. The number of nitrogens with two attached hydrogens (primary N) is 1. The summed E-state index contributed by atoms with van der Waals surface area (Å²) < 4.78 is 0. The van der Waals surface area contributed by atoms with Crippen LogP contribution in [0.5, 0.6) is 0 Å². The molecule has 2 N–H and O–H groups in total. The van der Waals surface area contributed by atoms with Gasteiger partial charge in [0, 0.05) is 0 Å².